The van der Waals surface area contributed by atoms with Gasteiger partial charge in [-0.1, -0.05) is 25.7 Å². The maximum atomic E-state index is 12.4. The standard InChI is InChI=1S/C13H27NO3S/c1-14-12-8-5-3-4-6-9-13(12)18(15,16)11-7-10-17-2/h12-14H,3-11H2,1-2H3. The zero-order valence-corrected chi connectivity index (χ0v) is 12.5. The fourth-order valence-electron chi connectivity index (χ4n) is 2.77. The SMILES string of the molecule is CNC1CCCCCCC1S(=O)(=O)CCCOC. The first-order valence-corrected chi connectivity index (χ1v) is 8.71. The lowest BCUT2D eigenvalue weighted by atomic mass is 9.96. The van der Waals surface area contributed by atoms with Crippen LogP contribution >= 0.6 is 0 Å². The summed E-state index contributed by atoms with van der Waals surface area (Å²) >= 11 is 0. The number of ether oxygens (including phenoxy) is 1. The number of hydrogen-bond donors (Lipinski definition) is 1. The van der Waals surface area contributed by atoms with Crippen molar-refractivity contribution in [2.75, 3.05) is 26.5 Å². The normalized spacial score (nSPS) is 26.6. The molecule has 1 aliphatic rings. The largest absolute Gasteiger partial charge is 0.385 e. The molecule has 0 saturated heterocycles. The summed E-state index contributed by atoms with van der Waals surface area (Å²) in [7, 11) is 0.490. The molecule has 0 aromatic heterocycles. The van der Waals surface area contributed by atoms with Crippen LogP contribution in [-0.2, 0) is 14.6 Å². The summed E-state index contributed by atoms with van der Waals surface area (Å²) in [5, 5.41) is 3.00. The summed E-state index contributed by atoms with van der Waals surface area (Å²) in [5.41, 5.74) is 0. The maximum absolute atomic E-state index is 12.4. The first-order chi connectivity index (χ1) is 8.61. The summed E-state index contributed by atoms with van der Waals surface area (Å²) in [6.07, 6.45) is 6.95. The van der Waals surface area contributed by atoms with Gasteiger partial charge in [-0.25, -0.2) is 8.42 Å². The van der Waals surface area contributed by atoms with E-state index in [-0.39, 0.29) is 17.0 Å². The molecule has 0 aromatic rings. The van der Waals surface area contributed by atoms with E-state index >= 15 is 0 Å². The van der Waals surface area contributed by atoms with E-state index in [1.807, 2.05) is 7.05 Å². The van der Waals surface area contributed by atoms with E-state index in [0.29, 0.717) is 13.0 Å². The Morgan fingerprint density at radius 3 is 2.44 bits per heavy atom. The minimum atomic E-state index is -3.00. The van der Waals surface area contributed by atoms with Crippen LogP contribution in [0.4, 0.5) is 0 Å². The lowest BCUT2D eigenvalue weighted by Crippen LogP contribution is -2.44. The highest BCUT2D eigenvalue weighted by atomic mass is 32.2. The topological polar surface area (TPSA) is 55.4 Å². The van der Waals surface area contributed by atoms with Gasteiger partial charge in [-0.2, -0.15) is 0 Å². The smallest absolute Gasteiger partial charge is 0.154 e. The van der Waals surface area contributed by atoms with Crippen molar-refractivity contribution in [1.29, 1.82) is 0 Å². The molecule has 0 amide bonds. The number of methoxy groups -OCH3 is 1. The van der Waals surface area contributed by atoms with Gasteiger partial charge in [0.1, 0.15) is 0 Å². The molecule has 1 rings (SSSR count). The minimum absolute atomic E-state index is 0.123. The second-order valence-corrected chi connectivity index (χ2v) is 7.48. The van der Waals surface area contributed by atoms with Gasteiger partial charge in [0.15, 0.2) is 9.84 Å². The summed E-state index contributed by atoms with van der Waals surface area (Å²) in [5.74, 6) is 0.254. The zero-order chi connectivity index (χ0) is 13.4. The minimum Gasteiger partial charge on any atom is -0.385 e. The molecule has 5 heteroatoms. The predicted molar refractivity (Wildman–Crippen MR) is 74.6 cm³/mol. The summed E-state index contributed by atoms with van der Waals surface area (Å²) in [6.45, 7) is 0.524. The van der Waals surface area contributed by atoms with Crippen LogP contribution in [0, 0.1) is 0 Å². The van der Waals surface area contributed by atoms with Crippen LogP contribution in [0.1, 0.15) is 44.9 Å². The lowest BCUT2D eigenvalue weighted by molar-refractivity contribution is 0.199. The number of hydrogen-bond acceptors (Lipinski definition) is 4. The summed E-state index contributed by atoms with van der Waals surface area (Å²) < 4.78 is 29.7. The molecule has 0 spiro atoms. The fourth-order valence-corrected chi connectivity index (χ4v) is 4.89. The average Bonchev–Trinajstić information content (AvgIpc) is 2.28. The number of rotatable bonds is 6. The molecule has 1 aliphatic carbocycles. The van der Waals surface area contributed by atoms with Crippen molar-refractivity contribution < 1.29 is 13.2 Å². The molecule has 0 aliphatic heterocycles. The first-order valence-electron chi connectivity index (χ1n) is 6.99. The van der Waals surface area contributed by atoms with Crippen molar-refractivity contribution in [1.82, 2.24) is 5.32 Å². The lowest BCUT2D eigenvalue weighted by Gasteiger charge is -2.28. The van der Waals surface area contributed by atoms with E-state index in [9.17, 15) is 8.42 Å². The fraction of sp³-hybridized carbons (Fsp3) is 1.00. The zero-order valence-electron chi connectivity index (χ0n) is 11.7. The van der Waals surface area contributed by atoms with E-state index in [1.54, 1.807) is 7.11 Å². The molecule has 18 heavy (non-hydrogen) atoms. The van der Waals surface area contributed by atoms with Crippen LogP contribution < -0.4 is 5.32 Å². The van der Waals surface area contributed by atoms with Crippen LogP contribution in [0.25, 0.3) is 0 Å². The molecule has 0 radical (unpaired) electrons. The second kappa shape index (κ2) is 8.12. The van der Waals surface area contributed by atoms with Crippen LogP contribution in [0.5, 0.6) is 0 Å². The highest BCUT2D eigenvalue weighted by Crippen LogP contribution is 2.23. The van der Waals surface area contributed by atoms with Crippen molar-refractivity contribution >= 4 is 9.84 Å². The Morgan fingerprint density at radius 1 is 1.17 bits per heavy atom. The molecule has 1 fully saturated rings. The van der Waals surface area contributed by atoms with Crippen molar-refractivity contribution in [3.63, 3.8) is 0 Å². The van der Waals surface area contributed by atoms with Crippen LogP contribution in [0.3, 0.4) is 0 Å². The highest BCUT2D eigenvalue weighted by Gasteiger charge is 2.32. The van der Waals surface area contributed by atoms with E-state index in [4.69, 9.17) is 4.74 Å². The summed E-state index contributed by atoms with van der Waals surface area (Å²) in [6, 6.07) is 0.123. The Labute approximate surface area is 111 Å². The molecule has 1 N–H and O–H groups in total. The second-order valence-electron chi connectivity index (χ2n) is 5.14. The third kappa shape index (κ3) is 4.86. The third-order valence-electron chi connectivity index (χ3n) is 3.81. The number of sulfone groups is 1. The van der Waals surface area contributed by atoms with Gasteiger partial charge in [0.05, 0.1) is 11.0 Å². The van der Waals surface area contributed by atoms with Crippen molar-refractivity contribution in [2.45, 2.75) is 56.2 Å². The molecule has 2 atom stereocenters. The molecule has 4 nitrogen and oxygen atoms in total. The van der Waals surface area contributed by atoms with Gasteiger partial charge in [-0.05, 0) is 26.3 Å². The Bertz CT molecular complexity index is 316. The van der Waals surface area contributed by atoms with E-state index in [0.717, 1.165) is 25.7 Å². The van der Waals surface area contributed by atoms with Gasteiger partial charge in [0.25, 0.3) is 0 Å². The average molecular weight is 277 g/mol. The van der Waals surface area contributed by atoms with Crippen molar-refractivity contribution in [2.24, 2.45) is 0 Å². The van der Waals surface area contributed by atoms with Gasteiger partial charge in [-0.15, -0.1) is 0 Å². The molecule has 108 valence electrons. The van der Waals surface area contributed by atoms with E-state index in [1.165, 1.54) is 12.8 Å². The molecule has 0 aromatic carbocycles. The van der Waals surface area contributed by atoms with E-state index in [2.05, 4.69) is 5.32 Å². The first kappa shape index (κ1) is 15.9. The van der Waals surface area contributed by atoms with Crippen molar-refractivity contribution in [3.8, 4) is 0 Å². The molecule has 0 bridgehead atoms. The Hall–Kier alpha value is -0.130. The van der Waals surface area contributed by atoms with Crippen molar-refractivity contribution in [3.05, 3.63) is 0 Å². The quantitative estimate of drug-likeness (QED) is 0.752. The number of nitrogens with one attached hydrogen (secondary N) is 1. The highest BCUT2D eigenvalue weighted by molar-refractivity contribution is 7.92. The van der Waals surface area contributed by atoms with Crippen LogP contribution in [0.15, 0.2) is 0 Å². The maximum Gasteiger partial charge on any atom is 0.154 e. The van der Waals surface area contributed by atoms with Gasteiger partial charge in [0, 0.05) is 19.8 Å². The van der Waals surface area contributed by atoms with Gasteiger partial charge >= 0.3 is 0 Å². The summed E-state index contributed by atoms with van der Waals surface area (Å²) in [4.78, 5) is 0. The predicted octanol–water partition coefficient (Wildman–Crippen LogP) is 1.75. The Morgan fingerprint density at radius 2 is 1.83 bits per heavy atom. The molecule has 1 saturated carbocycles. The van der Waals surface area contributed by atoms with Crippen LogP contribution in [-0.4, -0.2) is 46.2 Å². The monoisotopic (exact) mass is 277 g/mol. The third-order valence-corrected chi connectivity index (χ3v) is 6.16. The molecule has 2 unspecified atom stereocenters. The van der Waals surface area contributed by atoms with Gasteiger partial charge < -0.3 is 10.1 Å². The molecule has 0 heterocycles. The van der Waals surface area contributed by atoms with Gasteiger partial charge in [0.2, 0.25) is 0 Å². The molecular formula is C13H27NO3S. The molecular weight excluding hydrogens is 250 g/mol. The Kier molecular flexibility index (Phi) is 7.19. The van der Waals surface area contributed by atoms with E-state index < -0.39 is 9.84 Å². The Balaban J connectivity index is 2.66. The van der Waals surface area contributed by atoms with Gasteiger partial charge in [-0.3, -0.25) is 0 Å². The van der Waals surface area contributed by atoms with Crippen LogP contribution in [0.2, 0.25) is 0 Å².